The fourth-order valence-electron chi connectivity index (χ4n) is 3.61. The Morgan fingerprint density at radius 1 is 1.35 bits per heavy atom. The van der Waals surface area contributed by atoms with Crippen molar-refractivity contribution in [2.75, 3.05) is 19.6 Å². The van der Waals surface area contributed by atoms with E-state index in [1.54, 1.807) is 16.2 Å². The Hall–Kier alpha value is -1.39. The summed E-state index contributed by atoms with van der Waals surface area (Å²) in [5.74, 6) is 0.0883. The van der Waals surface area contributed by atoms with Gasteiger partial charge in [0.05, 0.1) is 24.0 Å². The number of quaternary nitrogens is 1. The maximum absolute atomic E-state index is 12.4. The lowest BCUT2D eigenvalue weighted by Gasteiger charge is -2.30. The molecular formula is C19H27N2OS+. The minimum absolute atomic E-state index is 0.0883. The van der Waals surface area contributed by atoms with Crippen LogP contribution in [0.5, 0.6) is 0 Å². The Morgan fingerprint density at radius 2 is 2.17 bits per heavy atom. The highest BCUT2D eigenvalue weighted by Crippen LogP contribution is 2.30. The van der Waals surface area contributed by atoms with Gasteiger partial charge in [0, 0.05) is 17.7 Å². The van der Waals surface area contributed by atoms with Crippen molar-refractivity contribution >= 4 is 27.3 Å². The highest BCUT2D eigenvalue weighted by Gasteiger charge is 2.21. The van der Waals surface area contributed by atoms with E-state index in [0.29, 0.717) is 0 Å². The number of carbonyl (C=O) groups excluding carboxylic acids is 1. The summed E-state index contributed by atoms with van der Waals surface area (Å²) in [4.78, 5) is 15.0. The topological polar surface area (TPSA) is 33.5 Å². The molecule has 1 unspecified atom stereocenters. The molecule has 2 heterocycles. The van der Waals surface area contributed by atoms with E-state index in [1.165, 1.54) is 42.4 Å². The summed E-state index contributed by atoms with van der Waals surface area (Å²) < 4.78 is 1.20. The fourth-order valence-corrected chi connectivity index (χ4v) is 4.74. The molecule has 1 aromatic carbocycles. The predicted octanol–water partition coefficient (Wildman–Crippen LogP) is 2.79. The van der Waals surface area contributed by atoms with Crippen LogP contribution in [-0.2, 0) is 0 Å². The van der Waals surface area contributed by atoms with Crippen molar-refractivity contribution in [2.45, 2.75) is 45.6 Å². The van der Waals surface area contributed by atoms with Crippen LogP contribution in [0, 0.1) is 6.92 Å². The standard InChI is InChI=1S/C19H26N2OS/c1-14-8-5-6-12-21(14)13-7-11-20-19(22)18-15(2)16-9-3-4-10-17(16)23-18/h3-4,9-10,14H,5-8,11-13H2,1-2H3,(H,20,22)/p+1/t14-/m0/s1. The molecule has 0 aliphatic carbocycles. The van der Waals surface area contributed by atoms with E-state index in [0.717, 1.165) is 29.4 Å². The number of hydrogen-bond donors (Lipinski definition) is 2. The maximum Gasteiger partial charge on any atom is 0.261 e. The van der Waals surface area contributed by atoms with E-state index in [2.05, 4.69) is 24.4 Å². The first-order chi connectivity index (χ1) is 11.2. The van der Waals surface area contributed by atoms with Gasteiger partial charge in [0.15, 0.2) is 0 Å². The van der Waals surface area contributed by atoms with Gasteiger partial charge in [0.25, 0.3) is 5.91 Å². The van der Waals surface area contributed by atoms with Crippen LogP contribution in [0.4, 0.5) is 0 Å². The minimum atomic E-state index is 0.0883. The lowest BCUT2D eigenvalue weighted by molar-refractivity contribution is -0.928. The molecule has 0 radical (unpaired) electrons. The maximum atomic E-state index is 12.4. The number of piperidine rings is 1. The Kier molecular flexibility index (Phi) is 5.34. The molecule has 3 rings (SSSR count). The third-order valence-electron chi connectivity index (χ3n) is 5.09. The first-order valence-electron chi connectivity index (χ1n) is 8.77. The molecule has 0 saturated carbocycles. The van der Waals surface area contributed by atoms with Crippen LogP contribution >= 0.6 is 11.3 Å². The number of benzene rings is 1. The third kappa shape index (κ3) is 3.75. The summed E-state index contributed by atoms with van der Waals surface area (Å²) in [6, 6.07) is 9.03. The van der Waals surface area contributed by atoms with Gasteiger partial charge < -0.3 is 10.2 Å². The van der Waals surface area contributed by atoms with Crippen LogP contribution < -0.4 is 10.2 Å². The first-order valence-corrected chi connectivity index (χ1v) is 9.59. The number of hydrogen-bond acceptors (Lipinski definition) is 2. The van der Waals surface area contributed by atoms with Gasteiger partial charge in [-0.3, -0.25) is 4.79 Å². The van der Waals surface area contributed by atoms with Crippen molar-refractivity contribution in [3.05, 3.63) is 34.7 Å². The lowest BCUT2D eigenvalue weighted by Crippen LogP contribution is -3.16. The molecule has 2 aromatic rings. The van der Waals surface area contributed by atoms with Crippen LogP contribution in [0.25, 0.3) is 10.1 Å². The highest BCUT2D eigenvalue weighted by atomic mass is 32.1. The van der Waals surface area contributed by atoms with Crippen LogP contribution in [0.1, 0.15) is 47.8 Å². The van der Waals surface area contributed by atoms with Crippen LogP contribution in [0.3, 0.4) is 0 Å². The number of likely N-dealkylation sites (tertiary alicyclic amines) is 1. The number of rotatable bonds is 5. The summed E-state index contributed by atoms with van der Waals surface area (Å²) in [7, 11) is 0. The predicted molar refractivity (Wildman–Crippen MR) is 97.5 cm³/mol. The second-order valence-corrected chi connectivity index (χ2v) is 7.77. The summed E-state index contributed by atoms with van der Waals surface area (Å²) in [5, 5.41) is 4.32. The minimum Gasteiger partial charge on any atom is -0.351 e. The van der Waals surface area contributed by atoms with Gasteiger partial charge in [-0.15, -0.1) is 11.3 Å². The number of aryl methyl sites for hydroxylation is 1. The van der Waals surface area contributed by atoms with Gasteiger partial charge in [-0.2, -0.15) is 0 Å². The van der Waals surface area contributed by atoms with E-state index in [9.17, 15) is 4.79 Å². The molecule has 2 atom stereocenters. The third-order valence-corrected chi connectivity index (χ3v) is 6.36. The van der Waals surface area contributed by atoms with Crippen molar-refractivity contribution in [1.29, 1.82) is 0 Å². The van der Waals surface area contributed by atoms with Gasteiger partial charge in [-0.05, 0) is 50.1 Å². The fraction of sp³-hybridized carbons (Fsp3) is 0.526. The molecule has 1 aliphatic rings. The molecule has 1 amide bonds. The van der Waals surface area contributed by atoms with Gasteiger partial charge >= 0.3 is 0 Å². The Labute approximate surface area is 142 Å². The van der Waals surface area contributed by atoms with E-state index in [4.69, 9.17) is 0 Å². The molecule has 4 heteroatoms. The van der Waals surface area contributed by atoms with Gasteiger partial charge in [-0.1, -0.05) is 18.2 Å². The average Bonchev–Trinajstić information content (AvgIpc) is 2.90. The lowest BCUT2D eigenvalue weighted by atomic mass is 10.0. The summed E-state index contributed by atoms with van der Waals surface area (Å²) in [6.07, 6.45) is 5.15. The van der Waals surface area contributed by atoms with E-state index >= 15 is 0 Å². The molecule has 1 aromatic heterocycles. The number of carbonyl (C=O) groups is 1. The van der Waals surface area contributed by atoms with Crippen molar-refractivity contribution in [3.8, 4) is 0 Å². The largest absolute Gasteiger partial charge is 0.351 e. The number of fused-ring (bicyclic) bond motifs is 1. The summed E-state index contributed by atoms with van der Waals surface area (Å²) >= 11 is 1.60. The molecule has 2 N–H and O–H groups in total. The van der Waals surface area contributed by atoms with Gasteiger partial charge in [0.2, 0.25) is 0 Å². The Morgan fingerprint density at radius 3 is 2.96 bits per heavy atom. The number of thiophene rings is 1. The van der Waals surface area contributed by atoms with E-state index in [-0.39, 0.29) is 5.91 Å². The van der Waals surface area contributed by atoms with Crippen molar-refractivity contribution in [1.82, 2.24) is 5.32 Å². The second-order valence-electron chi connectivity index (χ2n) is 6.72. The molecule has 0 bridgehead atoms. The highest BCUT2D eigenvalue weighted by molar-refractivity contribution is 7.21. The van der Waals surface area contributed by atoms with Crippen LogP contribution in [0.15, 0.2) is 24.3 Å². The molecule has 1 fully saturated rings. The van der Waals surface area contributed by atoms with Crippen molar-refractivity contribution < 1.29 is 9.69 Å². The Bertz CT molecular complexity index is 679. The molecular weight excluding hydrogens is 304 g/mol. The zero-order chi connectivity index (χ0) is 16.2. The van der Waals surface area contributed by atoms with Crippen molar-refractivity contribution in [2.24, 2.45) is 0 Å². The molecule has 124 valence electrons. The van der Waals surface area contributed by atoms with E-state index < -0.39 is 0 Å². The van der Waals surface area contributed by atoms with E-state index in [1.807, 2.05) is 19.1 Å². The zero-order valence-electron chi connectivity index (χ0n) is 14.2. The number of nitrogens with one attached hydrogen (secondary N) is 2. The van der Waals surface area contributed by atoms with Crippen LogP contribution in [0.2, 0.25) is 0 Å². The molecule has 1 aliphatic heterocycles. The molecule has 23 heavy (non-hydrogen) atoms. The smallest absolute Gasteiger partial charge is 0.261 e. The summed E-state index contributed by atoms with van der Waals surface area (Å²) in [6.45, 7) is 7.65. The SMILES string of the molecule is Cc1c(C(=O)NCCC[NH+]2CCCC[C@@H]2C)sc2ccccc12. The van der Waals surface area contributed by atoms with Gasteiger partial charge in [0.1, 0.15) is 0 Å². The average molecular weight is 332 g/mol. The van der Waals surface area contributed by atoms with Crippen LogP contribution in [-0.4, -0.2) is 31.6 Å². The monoisotopic (exact) mass is 331 g/mol. The molecule has 0 spiro atoms. The zero-order valence-corrected chi connectivity index (χ0v) is 15.0. The molecule has 3 nitrogen and oxygen atoms in total. The van der Waals surface area contributed by atoms with Gasteiger partial charge in [-0.25, -0.2) is 0 Å². The first kappa shape index (κ1) is 16.5. The second kappa shape index (κ2) is 7.45. The number of amides is 1. The summed E-state index contributed by atoms with van der Waals surface area (Å²) in [5.41, 5.74) is 1.11. The normalized spacial score (nSPS) is 21.5. The molecule has 1 saturated heterocycles. The Balaban J connectivity index is 1.51. The quantitative estimate of drug-likeness (QED) is 0.812. The van der Waals surface area contributed by atoms with Crippen molar-refractivity contribution in [3.63, 3.8) is 0 Å².